The van der Waals surface area contributed by atoms with Gasteiger partial charge in [-0.1, -0.05) is 61.6 Å². The first-order valence-electron chi connectivity index (χ1n) is 13.4. The van der Waals surface area contributed by atoms with E-state index in [9.17, 15) is 0 Å². The predicted molar refractivity (Wildman–Crippen MR) is 150 cm³/mol. The van der Waals surface area contributed by atoms with Gasteiger partial charge in [0.2, 0.25) is 5.75 Å². The highest BCUT2D eigenvalue weighted by Gasteiger charge is 2.52. The minimum absolute atomic E-state index is 0.107. The molecule has 0 radical (unpaired) electrons. The van der Waals surface area contributed by atoms with Crippen LogP contribution in [-0.4, -0.2) is 21.3 Å². The molecule has 1 aliphatic heterocycles. The largest absolute Gasteiger partial charge is 0.496 e. The van der Waals surface area contributed by atoms with Crippen molar-refractivity contribution < 1.29 is 18.9 Å². The van der Waals surface area contributed by atoms with Crippen LogP contribution >= 0.6 is 0 Å². The number of rotatable bonds is 6. The minimum atomic E-state index is 0.107. The highest BCUT2D eigenvalue weighted by molar-refractivity contribution is 5.73. The summed E-state index contributed by atoms with van der Waals surface area (Å²) in [5, 5.41) is 0. The fraction of sp³-hybridized carbons (Fsp3) is 0.455. The van der Waals surface area contributed by atoms with Crippen LogP contribution in [0.2, 0.25) is 0 Å². The summed E-state index contributed by atoms with van der Waals surface area (Å²) in [6.07, 6.45) is 7.96. The Labute approximate surface area is 222 Å². The highest BCUT2D eigenvalue weighted by Crippen LogP contribution is 2.64. The smallest absolute Gasteiger partial charge is 0.204 e. The zero-order valence-corrected chi connectivity index (χ0v) is 22.9. The molecule has 0 spiro atoms. The SMILES string of the molecule is C=C(C)[C@@H]1CC[C@]2(C)[C@@H](C1)C(=C)CC[C@H]2[C@@H]1C=C(c2ccccc2)Oc2c(OC)c(OC)cc(OC)c21. The standard InChI is InChI=1S/C33H40O4/c1-20(2)23-15-16-33(4)25(14-13-21(3)26(33)17-23)24-18-27(22-11-9-8-10-12-22)37-32-30(24)28(34-5)19-29(35-6)31(32)36-7/h8-12,18-19,23-26H,1,3,13-17H2,2,4-7H3/t23-,24+,25+,26+,33+/m1/s1. The van der Waals surface area contributed by atoms with Gasteiger partial charge in [0.15, 0.2) is 11.5 Å². The average Bonchev–Trinajstić information content (AvgIpc) is 2.91. The number of benzene rings is 2. The third-order valence-electron chi connectivity index (χ3n) is 9.38. The van der Waals surface area contributed by atoms with Crippen molar-refractivity contribution in [2.45, 2.75) is 51.9 Å². The van der Waals surface area contributed by atoms with E-state index in [1.54, 1.807) is 21.3 Å². The van der Waals surface area contributed by atoms with E-state index >= 15 is 0 Å². The van der Waals surface area contributed by atoms with Crippen LogP contribution in [0.4, 0.5) is 0 Å². The fourth-order valence-corrected chi connectivity index (χ4v) is 7.29. The molecule has 0 N–H and O–H groups in total. The Morgan fingerprint density at radius 3 is 2.41 bits per heavy atom. The topological polar surface area (TPSA) is 36.9 Å². The fourth-order valence-electron chi connectivity index (χ4n) is 7.29. The molecule has 2 aromatic carbocycles. The van der Waals surface area contributed by atoms with E-state index in [1.807, 2.05) is 24.3 Å². The van der Waals surface area contributed by atoms with Gasteiger partial charge in [0.05, 0.1) is 21.3 Å². The molecule has 0 unspecified atom stereocenters. The van der Waals surface area contributed by atoms with Crippen LogP contribution in [0.15, 0.2) is 66.8 Å². The van der Waals surface area contributed by atoms with Gasteiger partial charge in [-0.25, -0.2) is 0 Å². The maximum Gasteiger partial charge on any atom is 0.204 e. The van der Waals surface area contributed by atoms with Crippen molar-refractivity contribution in [3.8, 4) is 23.0 Å². The van der Waals surface area contributed by atoms with Gasteiger partial charge in [0.1, 0.15) is 11.5 Å². The van der Waals surface area contributed by atoms with Gasteiger partial charge >= 0.3 is 0 Å². The molecule has 1 heterocycles. The summed E-state index contributed by atoms with van der Waals surface area (Å²) < 4.78 is 24.2. The number of hydrogen-bond acceptors (Lipinski definition) is 4. The Kier molecular flexibility index (Phi) is 6.87. The van der Waals surface area contributed by atoms with Crippen LogP contribution in [0.5, 0.6) is 23.0 Å². The quantitative estimate of drug-likeness (QED) is 0.375. The number of ether oxygens (including phenoxy) is 4. The van der Waals surface area contributed by atoms with E-state index in [0.717, 1.165) is 48.3 Å². The van der Waals surface area contributed by atoms with Gasteiger partial charge in [-0.2, -0.15) is 0 Å². The van der Waals surface area contributed by atoms with Gasteiger partial charge in [0, 0.05) is 23.1 Å². The first-order valence-corrected chi connectivity index (χ1v) is 13.4. The third kappa shape index (κ3) is 4.24. The molecule has 196 valence electrons. The van der Waals surface area contributed by atoms with Gasteiger partial charge in [-0.05, 0) is 68.3 Å². The number of fused-ring (bicyclic) bond motifs is 2. The molecule has 4 nitrogen and oxygen atoms in total. The summed E-state index contributed by atoms with van der Waals surface area (Å²) in [6.45, 7) is 13.6. The molecule has 0 amide bonds. The summed E-state index contributed by atoms with van der Waals surface area (Å²) in [5.41, 5.74) is 4.94. The number of allylic oxidation sites excluding steroid dienone is 3. The summed E-state index contributed by atoms with van der Waals surface area (Å²) in [7, 11) is 5.04. The Morgan fingerprint density at radius 2 is 1.76 bits per heavy atom. The van der Waals surface area contributed by atoms with Gasteiger partial charge in [-0.15, -0.1) is 0 Å². The van der Waals surface area contributed by atoms with Gasteiger partial charge in [-0.3, -0.25) is 0 Å². The van der Waals surface area contributed by atoms with Crippen molar-refractivity contribution in [1.82, 2.24) is 0 Å². The average molecular weight is 501 g/mol. The van der Waals surface area contributed by atoms with Crippen LogP contribution in [0.3, 0.4) is 0 Å². The first kappa shape index (κ1) is 25.5. The Morgan fingerprint density at radius 1 is 1.03 bits per heavy atom. The molecule has 0 bridgehead atoms. The first-order chi connectivity index (χ1) is 17.8. The normalized spacial score (nSPS) is 28.8. The summed E-state index contributed by atoms with van der Waals surface area (Å²) in [5.74, 6) is 5.11. The zero-order valence-electron chi connectivity index (χ0n) is 22.9. The van der Waals surface area contributed by atoms with Gasteiger partial charge in [0.25, 0.3) is 0 Å². The van der Waals surface area contributed by atoms with Crippen LogP contribution in [0.25, 0.3) is 5.76 Å². The molecule has 37 heavy (non-hydrogen) atoms. The second-order valence-electron chi connectivity index (χ2n) is 11.3. The second kappa shape index (κ2) is 9.96. The molecule has 4 heteroatoms. The Balaban J connectivity index is 1.69. The maximum atomic E-state index is 6.63. The van der Waals surface area contributed by atoms with E-state index in [2.05, 4.69) is 45.2 Å². The molecular weight excluding hydrogens is 460 g/mol. The van der Waals surface area contributed by atoms with E-state index < -0.39 is 0 Å². The lowest BCUT2D eigenvalue weighted by molar-refractivity contribution is 0.0122. The molecule has 2 fully saturated rings. The van der Waals surface area contributed by atoms with Crippen molar-refractivity contribution in [3.63, 3.8) is 0 Å². The summed E-state index contributed by atoms with van der Waals surface area (Å²) >= 11 is 0. The van der Waals surface area contributed by atoms with Crippen molar-refractivity contribution >= 4 is 5.76 Å². The third-order valence-corrected chi connectivity index (χ3v) is 9.38. The molecule has 2 aromatic rings. The molecular formula is C33H40O4. The second-order valence-corrected chi connectivity index (χ2v) is 11.3. The van der Waals surface area contributed by atoms with Crippen LogP contribution < -0.4 is 18.9 Å². The zero-order chi connectivity index (χ0) is 26.3. The summed E-state index contributed by atoms with van der Waals surface area (Å²) in [6, 6.07) is 12.3. The van der Waals surface area contributed by atoms with Gasteiger partial charge < -0.3 is 18.9 Å². The Bertz CT molecular complexity index is 1230. The lowest BCUT2D eigenvalue weighted by Gasteiger charge is -2.55. The van der Waals surface area contributed by atoms with E-state index in [-0.39, 0.29) is 11.3 Å². The lowest BCUT2D eigenvalue weighted by atomic mass is 9.49. The molecule has 0 saturated heterocycles. The van der Waals surface area contributed by atoms with Crippen molar-refractivity contribution in [2.24, 2.45) is 23.2 Å². The molecule has 3 aliphatic rings. The molecule has 5 atom stereocenters. The highest BCUT2D eigenvalue weighted by atomic mass is 16.5. The lowest BCUT2D eigenvalue weighted by Crippen LogP contribution is -2.46. The van der Waals surface area contributed by atoms with E-state index in [1.165, 1.54) is 17.6 Å². The predicted octanol–water partition coefficient (Wildman–Crippen LogP) is 8.19. The van der Waals surface area contributed by atoms with E-state index in [4.69, 9.17) is 18.9 Å². The number of hydrogen-bond donors (Lipinski definition) is 0. The van der Waals surface area contributed by atoms with Crippen LogP contribution in [0, 0.1) is 23.2 Å². The van der Waals surface area contributed by atoms with Crippen LogP contribution in [0.1, 0.15) is 63.0 Å². The van der Waals surface area contributed by atoms with Crippen LogP contribution in [-0.2, 0) is 0 Å². The molecule has 2 aliphatic carbocycles. The summed E-state index contributed by atoms with van der Waals surface area (Å²) in [4.78, 5) is 0. The molecule has 0 aromatic heterocycles. The van der Waals surface area contributed by atoms with Crippen molar-refractivity contribution in [2.75, 3.05) is 21.3 Å². The molecule has 5 rings (SSSR count). The maximum absolute atomic E-state index is 6.63. The number of methoxy groups -OCH3 is 3. The van der Waals surface area contributed by atoms with Crippen molar-refractivity contribution in [1.29, 1.82) is 0 Å². The Hall–Kier alpha value is -3.14. The van der Waals surface area contributed by atoms with Crippen molar-refractivity contribution in [3.05, 3.63) is 77.9 Å². The molecule has 2 saturated carbocycles. The van der Waals surface area contributed by atoms with E-state index in [0.29, 0.717) is 35.0 Å². The monoisotopic (exact) mass is 500 g/mol. The minimum Gasteiger partial charge on any atom is -0.496 e.